The van der Waals surface area contributed by atoms with Gasteiger partial charge in [0.25, 0.3) is 0 Å². The van der Waals surface area contributed by atoms with Crippen LogP contribution in [0.15, 0.2) is 24.3 Å². The number of ether oxygens (including phenoxy) is 5. The van der Waals surface area contributed by atoms with Gasteiger partial charge in [-0.1, -0.05) is 25.0 Å². The molecular weight excluding hydrogens is 370 g/mol. The highest BCUT2D eigenvalue weighted by molar-refractivity contribution is 6.17. The van der Waals surface area contributed by atoms with Gasteiger partial charge in [0.15, 0.2) is 0 Å². The Bertz CT molecular complexity index is 450. The van der Waals surface area contributed by atoms with E-state index in [2.05, 4.69) is 0 Å². The van der Waals surface area contributed by atoms with Crippen molar-refractivity contribution in [2.75, 3.05) is 71.1 Å². The second-order valence-electron chi connectivity index (χ2n) is 5.94. The number of unbranched alkanes of at least 4 members (excludes halogenated alkanes) is 3. The van der Waals surface area contributed by atoms with Gasteiger partial charge in [0.05, 0.1) is 51.9 Å². The molecule has 1 aromatic rings. The molecule has 0 aliphatic rings. The molecule has 7 heteroatoms. The zero-order chi connectivity index (χ0) is 19.4. The lowest BCUT2D eigenvalue weighted by molar-refractivity contribution is -0.00484. The fraction of sp³-hybridized carbons (Fsp3) is 0.700. The molecule has 0 bridgehead atoms. The Morgan fingerprint density at radius 1 is 0.630 bits per heavy atom. The van der Waals surface area contributed by atoms with Gasteiger partial charge in [0.2, 0.25) is 0 Å². The molecule has 2 N–H and O–H groups in total. The zero-order valence-electron chi connectivity index (χ0n) is 16.2. The summed E-state index contributed by atoms with van der Waals surface area (Å²) in [5, 5.41) is 0. The third-order valence-electron chi connectivity index (χ3n) is 3.69. The quantitative estimate of drug-likeness (QED) is 0.216. The predicted octanol–water partition coefficient (Wildman–Crippen LogP) is 3.51. The van der Waals surface area contributed by atoms with Gasteiger partial charge in [-0.15, -0.1) is 11.6 Å². The van der Waals surface area contributed by atoms with E-state index in [4.69, 9.17) is 41.0 Å². The lowest BCUT2D eigenvalue weighted by atomic mass is 10.2. The number of anilines is 1. The molecule has 0 radical (unpaired) electrons. The number of alkyl halides is 1. The van der Waals surface area contributed by atoms with E-state index in [-0.39, 0.29) is 0 Å². The summed E-state index contributed by atoms with van der Waals surface area (Å²) in [7, 11) is 0. The molecule has 1 rings (SSSR count). The van der Waals surface area contributed by atoms with Crippen molar-refractivity contribution in [3.63, 3.8) is 0 Å². The minimum absolute atomic E-state index is 0.462. The SMILES string of the molecule is Nc1ccccc1OCCOCCOCCOCCOCCCCCCCl. The summed E-state index contributed by atoms with van der Waals surface area (Å²) in [6, 6.07) is 7.41. The number of nitrogens with two attached hydrogens (primary N) is 1. The largest absolute Gasteiger partial charge is 0.489 e. The summed E-state index contributed by atoms with van der Waals surface area (Å²) in [5.41, 5.74) is 6.42. The van der Waals surface area contributed by atoms with E-state index in [1.54, 1.807) is 0 Å². The number of rotatable bonds is 19. The highest BCUT2D eigenvalue weighted by Gasteiger charge is 1.98. The molecule has 27 heavy (non-hydrogen) atoms. The Hall–Kier alpha value is -1.05. The molecule has 1 aromatic carbocycles. The highest BCUT2D eigenvalue weighted by atomic mass is 35.5. The van der Waals surface area contributed by atoms with E-state index in [1.165, 1.54) is 12.8 Å². The molecule has 0 spiro atoms. The van der Waals surface area contributed by atoms with Gasteiger partial charge < -0.3 is 29.4 Å². The first-order valence-corrected chi connectivity index (χ1v) is 10.2. The molecule has 0 fully saturated rings. The minimum Gasteiger partial charge on any atom is -0.489 e. The topological polar surface area (TPSA) is 72.2 Å². The monoisotopic (exact) mass is 403 g/mol. The lowest BCUT2D eigenvalue weighted by Gasteiger charge is -2.09. The van der Waals surface area contributed by atoms with Crippen molar-refractivity contribution in [2.45, 2.75) is 25.7 Å². The van der Waals surface area contributed by atoms with Crippen LogP contribution in [0.5, 0.6) is 5.75 Å². The van der Waals surface area contributed by atoms with Crippen LogP contribution in [0.3, 0.4) is 0 Å². The average Bonchev–Trinajstić information content (AvgIpc) is 2.68. The van der Waals surface area contributed by atoms with Gasteiger partial charge in [-0.3, -0.25) is 0 Å². The van der Waals surface area contributed by atoms with Crippen molar-refractivity contribution in [3.05, 3.63) is 24.3 Å². The van der Waals surface area contributed by atoms with Gasteiger partial charge in [-0.05, 0) is 25.0 Å². The number of nitrogen functional groups attached to an aromatic ring is 1. The summed E-state index contributed by atoms with van der Waals surface area (Å²) < 4.78 is 27.4. The van der Waals surface area contributed by atoms with Crippen molar-refractivity contribution < 1.29 is 23.7 Å². The van der Waals surface area contributed by atoms with Crippen molar-refractivity contribution in [1.82, 2.24) is 0 Å². The maximum Gasteiger partial charge on any atom is 0.142 e. The third-order valence-corrected chi connectivity index (χ3v) is 3.96. The van der Waals surface area contributed by atoms with Crippen molar-refractivity contribution in [3.8, 4) is 5.75 Å². The fourth-order valence-electron chi connectivity index (χ4n) is 2.24. The van der Waals surface area contributed by atoms with Gasteiger partial charge in [-0.2, -0.15) is 0 Å². The number of hydrogen-bond donors (Lipinski definition) is 1. The van der Waals surface area contributed by atoms with Crippen LogP contribution in [-0.4, -0.2) is 65.3 Å². The Balaban J connectivity index is 1.73. The van der Waals surface area contributed by atoms with Crippen LogP contribution in [0.1, 0.15) is 25.7 Å². The number of para-hydroxylation sites is 2. The summed E-state index contributed by atoms with van der Waals surface area (Å²) >= 11 is 5.62. The predicted molar refractivity (Wildman–Crippen MR) is 109 cm³/mol. The van der Waals surface area contributed by atoms with Crippen molar-refractivity contribution >= 4 is 17.3 Å². The van der Waals surface area contributed by atoms with E-state index in [9.17, 15) is 0 Å². The lowest BCUT2D eigenvalue weighted by Crippen LogP contribution is -2.14. The molecule has 0 atom stereocenters. The maximum atomic E-state index is 5.79. The first-order valence-electron chi connectivity index (χ1n) is 9.69. The van der Waals surface area contributed by atoms with Crippen LogP contribution >= 0.6 is 11.6 Å². The van der Waals surface area contributed by atoms with Gasteiger partial charge in [0.1, 0.15) is 12.4 Å². The third kappa shape index (κ3) is 14.7. The summed E-state index contributed by atoms with van der Waals surface area (Å²) in [6.07, 6.45) is 4.53. The summed E-state index contributed by atoms with van der Waals surface area (Å²) in [6.45, 7) is 5.16. The fourth-order valence-corrected chi connectivity index (χ4v) is 2.43. The molecule has 0 aliphatic heterocycles. The molecule has 0 aliphatic carbocycles. The molecule has 6 nitrogen and oxygen atoms in total. The molecule has 0 saturated heterocycles. The first-order chi connectivity index (χ1) is 13.3. The smallest absolute Gasteiger partial charge is 0.142 e. The molecule has 0 aromatic heterocycles. The van der Waals surface area contributed by atoms with Crippen molar-refractivity contribution in [2.24, 2.45) is 0 Å². The summed E-state index contributed by atoms with van der Waals surface area (Å²) in [4.78, 5) is 0. The van der Waals surface area contributed by atoms with Crippen LogP contribution < -0.4 is 10.5 Å². The number of halogens is 1. The first kappa shape index (κ1) is 24.0. The molecule has 0 amide bonds. The van der Waals surface area contributed by atoms with Crippen LogP contribution in [0.25, 0.3) is 0 Å². The maximum absolute atomic E-state index is 5.79. The molecule has 156 valence electrons. The zero-order valence-corrected chi connectivity index (χ0v) is 17.0. The van der Waals surface area contributed by atoms with Crippen LogP contribution in [0, 0.1) is 0 Å². The van der Waals surface area contributed by atoms with E-state index in [0.29, 0.717) is 64.3 Å². The Morgan fingerprint density at radius 2 is 1.15 bits per heavy atom. The Kier molecular flexibility index (Phi) is 16.3. The second-order valence-corrected chi connectivity index (χ2v) is 6.32. The molecule has 0 heterocycles. The highest BCUT2D eigenvalue weighted by Crippen LogP contribution is 2.19. The normalized spacial score (nSPS) is 11.0. The van der Waals surface area contributed by atoms with Crippen molar-refractivity contribution in [1.29, 1.82) is 0 Å². The minimum atomic E-state index is 0.462. The number of benzene rings is 1. The van der Waals surface area contributed by atoms with E-state index in [0.717, 1.165) is 25.3 Å². The number of hydrogen-bond acceptors (Lipinski definition) is 6. The van der Waals surface area contributed by atoms with E-state index < -0.39 is 0 Å². The van der Waals surface area contributed by atoms with Crippen LogP contribution in [0.2, 0.25) is 0 Å². The molecule has 0 unspecified atom stereocenters. The summed E-state index contributed by atoms with van der Waals surface area (Å²) in [5.74, 6) is 1.44. The standard InChI is InChI=1S/C20H34ClNO5/c21-9-5-1-2-6-10-23-11-12-24-13-14-25-15-16-26-17-18-27-20-8-4-3-7-19(20)22/h3-4,7-8H,1-2,5-6,9-18,22H2. The Labute approximate surface area is 168 Å². The molecular formula is C20H34ClNO5. The van der Waals surface area contributed by atoms with Gasteiger partial charge in [0, 0.05) is 12.5 Å². The second kappa shape index (κ2) is 18.3. The van der Waals surface area contributed by atoms with E-state index in [1.807, 2.05) is 24.3 Å². The van der Waals surface area contributed by atoms with Crippen LogP contribution in [-0.2, 0) is 18.9 Å². The molecule has 0 saturated carbocycles. The Morgan fingerprint density at radius 3 is 1.74 bits per heavy atom. The van der Waals surface area contributed by atoms with Gasteiger partial charge in [-0.25, -0.2) is 0 Å². The average molecular weight is 404 g/mol. The van der Waals surface area contributed by atoms with Crippen LogP contribution in [0.4, 0.5) is 5.69 Å². The van der Waals surface area contributed by atoms with Gasteiger partial charge >= 0.3 is 0 Å². The van der Waals surface area contributed by atoms with E-state index >= 15 is 0 Å².